The Kier molecular flexibility index (Phi) is 5.34. The smallest absolute Gasteiger partial charge is 0.308 e. The van der Waals surface area contributed by atoms with Crippen LogP contribution in [0.2, 0.25) is 5.02 Å². The number of benzene rings is 2. The van der Waals surface area contributed by atoms with Crippen LogP contribution in [0.25, 0.3) is 0 Å². The highest BCUT2D eigenvalue weighted by Gasteiger charge is 2.27. The molecule has 2 aromatic rings. The molecule has 0 unspecified atom stereocenters. The van der Waals surface area contributed by atoms with Gasteiger partial charge in [0.2, 0.25) is 0 Å². The van der Waals surface area contributed by atoms with Crippen molar-refractivity contribution in [1.82, 2.24) is 5.32 Å². The lowest BCUT2D eigenvalue weighted by atomic mass is 9.94. The predicted molar refractivity (Wildman–Crippen MR) is 84.9 cm³/mol. The maximum Gasteiger partial charge on any atom is 0.308 e. The molecular weight excluding hydrogens is 321 g/mol. The normalized spacial score (nSPS) is 13.2. The third-order valence-electron chi connectivity index (χ3n) is 3.53. The lowest BCUT2D eigenvalue weighted by Gasteiger charge is -2.23. The lowest BCUT2D eigenvalue weighted by Crippen LogP contribution is -2.35. The number of carbonyl (C=O) groups excluding carboxylic acids is 1. The van der Waals surface area contributed by atoms with E-state index in [9.17, 15) is 19.1 Å². The van der Waals surface area contributed by atoms with E-state index in [2.05, 4.69) is 5.32 Å². The summed E-state index contributed by atoms with van der Waals surface area (Å²) in [5.74, 6) is -3.25. The summed E-state index contributed by atoms with van der Waals surface area (Å²) in [6.07, 6.45) is 0. The summed E-state index contributed by atoms with van der Waals surface area (Å²) in [7, 11) is 0. The molecule has 120 valence electrons. The highest BCUT2D eigenvalue weighted by molar-refractivity contribution is 6.34. The van der Waals surface area contributed by atoms with Gasteiger partial charge >= 0.3 is 5.97 Å². The Hall–Kier alpha value is -2.40. The minimum atomic E-state index is -1.05. The van der Waals surface area contributed by atoms with Crippen molar-refractivity contribution in [2.45, 2.75) is 13.0 Å². The van der Waals surface area contributed by atoms with E-state index < -0.39 is 29.7 Å². The number of aliphatic carboxylic acids is 1. The predicted octanol–water partition coefficient (Wildman–Crippen LogP) is 3.67. The van der Waals surface area contributed by atoms with Gasteiger partial charge in [-0.15, -0.1) is 0 Å². The zero-order chi connectivity index (χ0) is 17.0. The first-order valence-corrected chi connectivity index (χ1v) is 7.32. The van der Waals surface area contributed by atoms with E-state index in [1.807, 2.05) is 0 Å². The van der Waals surface area contributed by atoms with Crippen molar-refractivity contribution in [1.29, 1.82) is 0 Å². The summed E-state index contributed by atoms with van der Waals surface area (Å²) in [4.78, 5) is 23.7. The largest absolute Gasteiger partial charge is 0.481 e. The van der Waals surface area contributed by atoms with Crippen molar-refractivity contribution in [3.63, 3.8) is 0 Å². The molecular formula is C17H15ClFNO3. The fraction of sp³-hybridized carbons (Fsp3) is 0.176. The van der Waals surface area contributed by atoms with Crippen LogP contribution in [-0.2, 0) is 4.79 Å². The molecule has 2 aromatic carbocycles. The van der Waals surface area contributed by atoms with Gasteiger partial charge in [0.15, 0.2) is 0 Å². The first kappa shape index (κ1) is 17.0. The fourth-order valence-electron chi connectivity index (χ4n) is 2.20. The Labute approximate surface area is 137 Å². The van der Waals surface area contributed by atoms with Gasteiger partial charge < -0.3 is 10.4 Å². The Bertz CT molecular complexity index is 721. The van der Waals surface area contributed by atoms with Gasteiger partial charge in [-0.05, 0) is 24.6 Å². The summed E-state index contributed by atoms with van der Waals surface area (Å²) >= 11 is 5.81. The fourth-order valence-corrected chi connectivity index (χ4v) is 2.41. The van der Waals surface area contributed by atoms with E-state index in [4.69, 9.17) is 11.6 Å². The van der Waals surface area contributed by atoms with Crippen LogP contribution < -0.4 is 5.32 Å². The topological polar surface area (TPSA) is 66.4 Å². The van der Waals surface area contributed by atoms with Crippen molar-refractivity contribution < 1.29 is 19.1 Å². The number of carbonyl (C=O) groups is 2. The molecule has 0 heterocycles. The average Bonchev–Trinajstić information content (AvgIpc) is 2.55. The quantitative estimate of drug-likeness (QED) is 0.876. The maximum absolute atomic E-state index is 13.5. The van der Waals surface area contributed by atoms with E-state index in [-0.39, 0.29) is 10.6 Å². The highest BCUT2D eigenvalue weighted by atomic mass is 35.5. The summed E-state index contributed by atoms with van der Waals surface area (Å²) in [6.45, 7) is 1.49. The highest BCUT2D eigenvalue weighted by Crippen LogP contribution is 2.25. The van der Waals surface area contributed by atoms with Crippen molar-refractivity contribution in [2.75, 3.05) is 0 Å². The van der Waals surface area contributed by atoms with Crippen molar-refractivity contribution in [2.24, 2.45) is 5.92 Å². The van der Waals surface area contributed by atoms with E-state index in [1.54, 1.807) is 30.3 Å². The molecule has 1 amide bonds. The average molecular weight is 336 g/mol. The zero-order valence-corrected chi connectivity index (χ0v) is 13.0. The second kappa shape index (κ2) is 7.24. The molecule has 0 aliphatic rings. The minimum Gasteiger partial charge on any atom is -0.481 e. The van der Waals surface area contributed by atoms with Gasteiger partial charge in [-0.1, -0.05) is 48.0 Å². The zero-order valence-electron chi connectivity index (χ0n) is 12.3. The molecule has 23 heavy (non-hydrogen) atoms. The van der Waals surface area contributed by atoms with Gasteiger partial charge in [0.1, 0.15) is 5.82 Å². The molecule has 0 radical (unpaired) electrons. The lowest BCUT2D eigenvalue weighted by molar-refractivity contribution is -0.142. The van der Waals surface area contributed by atoms with E-state index in [0.29, 0.717) is 5.56 Å². The third kappa shape index (κ3) is 3.87. The number of hydrogen-bond donors (Lipinski definition) is 2. The molecule has 4 nitrogen and oxygen atoms in total. The molecule has 0 spiro atoms. The summed E-state index contributed by atoms with van der Waals surface area (Å²) in [5.41, 5.74) is 0.605. The van der Waals surface area contributed by atoms with Gasteiger partial charge in [-0.2, -0.15) is 0 Å². The van der Waals surface area contributed by atoms with Gasteiger partial charge in [-0.25, -0.2) is 4.39 Å². The number of rotatable bonds is 5. The summed E-state index contributed by atoms with van der Waals surface area (Å²) in [5, 5.41) is 11.6. The van der Waals surface area contributed by atoms with Crippen LogP contribution in [0.3, 0.4) is 0 Å². The summed E-state index contributed by atoms with van der Waals surface area (Å²) < 4.78 is 13.5. The standard InChI is InChI=1S/C17H15ClFNO3/c1-10(17(22)23)15(11-6-3-2-4-7-11)20-16(21)12-8-5-9-13(19)14(12)18/h2-10,15H,1H3,(H,20,21)(H,22,23)/t10-,15-/m1/s1. The summed E-state index contributed by atoms with van der Waals surface area (Å²) in [6, 6.07) is 11.9. The second-order valence-electron chi connectivity index (χ2n) is 5.09. The number of amides is 1. The molecule has 0 aliphatic heterocycles. The molecule has 0 fully saturated rings. The molecule has 0 bridgehead atoms. The minimum absolute atomic E-state index is 0.0369. The number of carboxylic acids is 1. The number of hydrogen-bond acceptors (Lipinski definition) is 2. The molecule has 2 rings (SSSR count). The van der Waals surface area contributed by atoms with Crippen LogP contribution in [0.5, 0.6) is 0 Å². The SMILES string of the molecule is C[C@@H](C(=O)O)[C@@H](NC(=O)c1cccc(F)c1Cl)c1ccccc1. The Morgan fingerprint density at radius 1 is 1.13 bits per heavy atom. The van der Waals surface area contributed by atoms with Gasteiger partial charge in [0, 0.05) is 0 Å². The molecule has 0 saturated carbocycles. The van der Waals surface area contributed by atoms with E-state index in [0.717, 1.165) is 6.07 Å². The van der Waals surface area contributed by atoms with Crippen LogP contribution in [-0.4, -0.2) is 17.0 Å². The molecule has 2 atom stereocenters. The third-order valence-corrected chi connectivity index (χ3v) is 3.92. The Balaban J connectivity index is 2.33. The van der Waals surface area contributed by atoms with Crippen LogP contribution in [0, 0.1) is 11.7 Å². The van der Waals surface area contributed by atoms with Crippen molar-refractivity contribution in [3.05, 3.63) is 70.5 Å². The van der Waals surface area contributed by atoms with Crippen LogP contribution in [0.15, 0.2) is 48.5 Å². The number of carboxylic acid groups (broad SMARTS) is 1. The van der Waals surface area contributed by atoms with E-state index >= 15 is 0 Å². The first-order valence-electron chi connectivity index (χ1n) is 6.94. The van der Waals surface area contributed by atoms with Gasteiger partial charge in [0.05, 0.1) is 22.5 Å². The number of halogens is 2. The first-order chi connectivity index (χ1) is 10.9. The van der Waals surface area contributed by atoms with Gasteiger partial charge in [-0.3, -0.25) is 9.59 Å². The molecule has 0 aliphatic carbocycles. The Morgan fingerprint density at radius 2 is 1.78 bits per heavy atom. The van der Waals surface area contributed by atoms with Crippen LogP contribution >= 0.6 is 11.6 Å². The molecule has 0 saturated heterocycles. The van der Waals surface area contributed by atoms with Crippen molar-refractivity contribution in [3.8, 4) is 0 Å². The number of nitrogens with one attached hydrogen (secondary N) is 1. The molecule has 0 aromatic heterocycles. The second-order valence-corrected chi connectivity index (χ2v) is 5.47. The monoisotopic (exact) mass is 335 g/mol. The van der Waals surface area contributed by atoms with E-state index in [1.165, 1.54) is 19.1 Å². The molecule has 2 N–H and O–H groups in total. The van der Waals surface area contributed by atoms with Crippen LogP contribution in [0.4, 0.5) is 4.39 Å². The van der Waals surface area contributed by atoms with Crippen LogP contribution in [0.1, 0.15) is 28.9 Å². The molecule has 6 heteroatoms. The van der Waals surface area contributed by atoms with Gasteiger partial charge in [0.25, 0.3) is 5.91 Å². The Morgan fingerprint density at radius 3 is 2.39 bits per heavy atom. The maximum atomic E-state index is 13.5. The van der Waals surface area contributed by atoms with Crippen molar-refractivity contribution >= 4 is 23.5 Å².